The molecule has 0 bridgehead atoms. The van der Waals surface area contributed by atoms with Crippen molar-refractivity contribution < 1.29 is 19.4 Å². The monoisotopic (exact) mass is 368 g/mol. The van der Waals surface area contributed by atoms with Gasteiger partial charge in [-0.3, -0.25) is 9.69 Å². The zero-order valence-corrected chi connectivity index (χ0v) is 15.5. The van der Waals surface area contributed by atoms with E-state index in [0.717, 1.165) is 0 Å². The molecule has 1 saturated heterocycles. The molecule has 0 spiro atoms. The number of carbonyl (C=O) groups is 2. The molecule has 2 rings (SSSR count). The van der Waals surface area contributed by atoms with Gasteiger partial charge in [0, 0.05) is 24.2 Å². The van der Waals surface area contributed by atoms with Crippen LogP contribution < -0.4 is 5.32 Å². The molecule has 7 heteroatoms. The Morgan fingerprint density at radius 1 is 1.32 bits per heavy atom. The van der Waals surface area contributed by atoms with Crippen molar-refractivity contribution in [1.29, 1.82) is 0 Å². The summed E-state index contributed by atoms with van der Waals surface area (Å²) < 4.78 is 5.26. The molecule has 1 aliphatic rings. The number of carbonyl (C=O) groups excluding carboxylic acids is 1. The molecule has 1 amide bonds. The largest absolute Gasteiger partial charge is 0.480 e. The maximum Gasteiger partial charge on any atom is 0.407 e. The van der Waals surface area contributed by atoms with Crippen LogP contribution in [-0.2, 0) is 9.53 Å². The first kappa shape index (κ1) is 19.5. The van der Waals surface area contributed by atoms with Gasteiger partial charge >= 0.3 is 12.1 Å². The summed E-state index contributed by atoms with van der Waals surface area (Å²) in [4.78, 5) is 25.5. The second-order valence-electron chi connectivity index (χ2n) is 7.25. The number of nitrogens with zero attached hydrogens (tertiary/aromatic N) is 1. The number of likely N-dealkylation sites (tertiary alicyclic amines) is 1. The van der Waals surface area contributed by atoms with Gasteiger partial charge in [-0.05, 0) is 51.3 Å². The van der Waals surface area contributed by atoms with Gasteiger partial charge in [0.1, 0.15) is 11.6 Å². The Balaban J connectivity index is 1.95. The number of hydrogen-bond acceptors (Lipinski definition) is 4. The highest BCUT2D eigenvalue weighted by Gasteiger charge is 2.32. The minimum atomic E-state index is -0.902. The average molecular weight is 369 g/mol. The van der Waals surface area contributed by atoms with Gasteiger partial charge in [-0.25, -0.2) is 4.79 Å². The van der Waals surface area contributed by atoms with Gasteiger partial charge in [0.05, 0.1) is 0 Å². The molecule has 1 atom stereocenters. The normalized spacial score (nSPS) is 17.8. The van der Waals surface area contributed by atoms with E-state index < -0.39 is 23.7 Å². The highest BCUT2D eigenvalue weighted by atomic mass is 35.5. The summed E-state index contributed by atoms with van der Waals surface area (Å²) in [6, 6.07) is 6.19. The van der Waals surface area contributed by atoms with E-state index in [1.807, 2.05) is 25.7 Å². The lowest BCUT2D eigenvalue weighted by molar-refractivity contribution is -0.144. The summed E-state index contributed by atoms with van der Waals surface area (Å²) in [5.74, 6) is -0.902. The number of nitrogens with one attached hydrogen (secondary N) is 1. The summed E-state index contributed by atoms with van der Waals surface area (Å²) in [6.07, 6.45) is 0.906. The van der Waals surface area contributed by atoms with Crippen molar-refractivity contribution in [3.05, 3.63) is 34.9 Å². The predicted molar refractivity (Wildman–Crippen MR) is 95.8 cm³/mol. The smallest absolute Gasteiger partial charge is 0.407 e. The first-order valence-electron chi connectivity index (χ1n) is 8.37. The van der Waals surface area contributed by atoms with Crippen LogP contribution in [0.1, 0.15) is 45.2 Å². The lowest BCUT2D eigenvalue weighted by atomic mass is 9.99. The highest BCUT2D eigenvalue weighted by Crippen LogP contribution is 2.27. The third-order valence-corrected chi connectivity index (χ3v) is 4.25. The number of ether oxygens (including phenoxy) is 1. The minimum absolute atomic E-state index is 0.0140. The van der Waals surface area contributed by atoms with Gasteiger partial charge in [-0.1, -0.05) is 23.7 Å². The van der Waals surface area contributed by atoms with Crippen LogP contribution in [0.2, 0.25) is 5.02 Å². The SMILES string of the molecule is CC(C)(C)OC(=O)NC1CCN([C@H](C(=O)O)c2cccc(Cl)c2)CC1. The summed E-state index contributed by atoms with van der Waals surface area (Å²) >= 11 is 5.99. The van der Waals surface area contributed by atoms with Gasteiger partial charge in [-0.15, -0.1) is 0 Å². The van der Waals surface area contributed by atoms with E-state index in [2.05, 4.69) is 5.32 Å². The maximum atomic E-state index is 11.9. The first-order valence-corrected chi connectivity index (χ1v) is 8.75. The molecule has 1 aromatic rings. The van der Waals surface area contributed by atoms with Gasteiger partial charge in [-0.2, -0.15) is 0 Å². The first-order chi connectivity index (χ1) is 11.7. The Morgan fingerprint density at radius 3 is 2.48 bits per heavy atom. The number of amides is 1. The van der Waals surface area contributed by atoms with E-state index in [-0.39, 0.29) is 6.04 Å². The number of halogens is 1. The molecule has 0 radical (unpaired) electrons. The number of carboxylic acids is 1. The Kier molecular flexibility index (Phi) is 6.30. The van der Waals surface area contributed by atoms with Crippen LogP contribution >= 0.6 is 11.6 Å². The van der Waals surface area contributed by atoms with E-state index in [9.17, 15) is 14.7 Å². The van der Waals surface area contributed by atoms with Gasteiger partial charge in [0.2, 0.25) is 0 Å². The van der Waals surface area contributed by atoms with Gasteiger partial charge < -0.3 is 15.2 Å². The van der Waals surface area contributed by atoms with Crippen LogP contribution in [0.15, 0.2) is 24.3 Å². The molecular weight excluding hydrogens is 344 g/mol. The van der Waals surface area contributed by atoms with Gasteiger partial charge in [0.15, 0.2) is 0 Å². The predicted octanol–water partition coefficient (Wildman–Crippen LogP) is 3.45. The van der Waals surface area contributed by atoms with Crippen molar-refractivity contribution in [2.45, 2.75) is 51.3 Å². The molecule has 0 saturated carbocycles. The molecule has 0 aromatic heterocycles. The zero-order chi connectivity index (χ0) is 18.6. The van der Waals surface area contributed by atoms with Crippen molar-refractivity contribution in [3.63, 3.8) is 0 Å². The van der Waals surface area contributed by atoms with Crippen LogP contribution in [0.25, 0.3) is 0 Å². The highest BCUT2D eigenvalue weighted by molar-refractivity contribution is 6.30. The van der Waals surface area contributed by atoms with E-state index >= 15 is 0 Å². The second-order valence-corrected chi connectivity index (χ2v) is 7.69. The fourth-order valence-corrected chi connectivity index (χ4v) is 3.16. The van der Waals surface area contributed by atoms with Crippen LogP contribution in [0.3, 0.4) is 0 Å². The molecule has 0 unspecified atom stereocenters. The molecule has 0 aliphatic carbocycles. The molecule has 1 aliphatic heterocycles. The fraction of sp³-hybridized carbons (Fsp3) is 0.556. The Bertz CT molecular complexity index is 622. The molecule has 1 heterocycles. The Labute approximate surface area is 153 Å². The number of carboxylic acid groups (broad SMARTS) is 1. The molecule has 25 heavy (non-hydrogen) atoms. The Morgan fingerprint density at radius 2 is 1.96 bits per heavy atom. The topological polar surface area (TPSA) is 78.9 Å². The molecule has 1 fully saturated rings. The quantitative estimate of drug-likeness (QED) is 0.850. The van der Waals surface area contributed by atoms with E-state index in [4.69, 9.17) is 16.3 Å². The number of benzene rings is 1. The lowest BCUT2D eigenvalue weighted by Gasteiger charge is -2.36. The summed E-state index contributed by atoms with van der Waals surface area (Å²) in [6.45, 7) is 6.60. The summed E-state index contributed by atoms with van der Waals surface area (Å²) in [7, 11) is 0. The third-order valence-electron chi connectivity index (χ3n) is 4.01. The molecular formula is C18H25ClN2O4. The molecule has 1 aromatic carbocycles. The third kappa shape index (κ3) is 5.90. The van der Waals surface area contributed by atoms with Crippen molar-refractivity contribution >= 4 is 23.7 Å². The zero-order valence-electron chi connectivity index (χ0n) is 14.8. The van der Waals surface area contributed by atoms with Crippen molar-refractivity contribution in [1.82, 2.24) is 10.2 Å². The minimum Gasteiger partial charge on any atom is -0.480 e. The maximum absolute atomic E-state index is 11.9. The van der Waals surface area contributed by atoms with Crippen LogP contribution in [-0.4, -0.2) is 46.8 Å². The second kappa shape index (κ2) is 8.06. The molecule has 6 nitrogen and oxygen atoms in total. The number of alkyl carbamates (subject to hydrolysis) is 1. The number of hydrogen-bond donors (Lipinski definition) is 2. The number of piperidine rings is 1. The van der Waals surface area contributed by atoms with E-state index in [0.29, 0.717) is 36.5 Å². The Hall–Kier alpha value is -1.79. The van der Waals surface area contributed by atoms with E-state index in [1.165, 1.54) is 0 Å². The standard InChI is InChI=1S/C18H25ClN2O4/c1-18(2,3)25-17(24)20-14-7-9-21(10-8-14)15(16(22)23)12-5-4-6-13(19)11-12/h4-6,11,14-15H,7-10H2,1-3H3,(H,20,24)(H,22,23)/t15-/m0/s1. The van der Waals surface area contributed by atoms with E-state index in [1.54, 1.807) is 24.3 Å². The fourth-order valence-electron chi connectivity index (χ4n) is 2.96. The summed E-state index contributed by atoms with van der Waals surface area (Å²) in [5.41, 5.74) is 0.129. The molecule has 138 valence electrons. The van der Waals surface area contributed by atoms with Gasteiger partial charge in [0.25, 0.3) is 0 Å². The average Bonchev–Trinajstić information content (AvgIpc) is 2.47. The summed E-state index contributed by atoms with van der Waals surface area (Å²) in [5, 5.41) is 13.0. The van der Waals surface area contributed by atoms with Crippen LogP contribution in [0.4, 0.5) is 4.79 Å². The lowest BCUT2D eigenvalue weighted by Crippen LogP contribution is -2.48. The van der Waals surface area contributed by atoms with Crippen LogP contribution in [0, 0.1) is 0 Å². The number of aliphatic carboxylic acids is 1. The molecule has 2 N–H and O–H groups in total. The van der Waals surface area contributed by atoms with Crippen molar-refractivity contribution in [3.8, 4) is 0 Å². The van der Waals surface area contributed by atoms with Crippen molar-refractivity contribution in [2.75, 3.05) is 13.1 Å². The van der Waals surface area contributed by atoms with Crippen molar-refractivity contribution in [2.24, 2.45) is 0 Å². The number of rotatable bonds is 4. The van der Waals surface area contributed by atoms with Crippen LogP contribution in [0.5, 0.6) is 0 Å².